The number of halogens is 1. The number of likely N-dealkylation sites (tertiary alicyclic amines) is 1. The summed E-state index contributed by atoms with van der Waals surface area (Å²) in [6.07, 6.45) is 2.88. The van der Waals surface area contributed by atoms with Gasteiger partial charge >= 0.3 is 0 Å². The van der Waals surface area contributed by atoms with Gasteiger partial charge in [-0.1, -0.05) is 56.6 Å². The van der Waals surface area contributed by atoms with Gasteiger partial charge in [-0.05, 0) is 60.0 Å². The Hall–Kier alpha value is -1.34. The van der Waals surface area contributed by atoms with Gasteiger partial charge in [0.05, 0.1) is 10.4 Å². The van der Waals surface area contributed by atoms with E-state index in [9.17, 15) is 5.26 Å². The topological polar surface area (TPSA) is 27.0 Å². The van der Waals surface area contributed by atoms with Crippen molar-refractivity contribution in [2.24, 2.45) is 10.8 Å². The van der Waals surface area contributed by atoms with Gasteiger partial charge in [0.25, 0.3) is 0 Å². The molecule has 0 unspecified atom stereocenters. The molecule has 2 aromatic rings. The van der Waals surface area contributed by atoms with Crippen molar-refractivity contribution in [1.82, 2.24) is 4.90 Å². The van der Waals surface area contributed by atoms with Crippen LogP contribution in [0.1, 0.15) is 45.6 Å². The van der Waals surface area contributed by atoms with Gasteiger partial charge in [0.15, 0.2) is 0 Å². The van der Waals surface area contributed by atoms with Gasteiger partial charge in [0.1, 0.15) is 0 Å². The van der Waals surface area contributed by atoms with Gasteiger partial charge in [-0.2, -0.15) is 5.26 Å². The third-order valence-corrected chi connectivity index (χ3v) is 7.32. The lowest BCUT2D eigenvalue weighted by Crippen LogP contribution is -2.46. The standard InChI is InChI=1S/C22H27ClN2S/c1-21(2,3)22(10-13-24)11-14-25(15-12-22)16-17-4-6-18(7-5-17)19-8-9-20(23)26-19/h4-9H,10-12,14-16H2,1-3H3. The van der Waals surface area contributed by atoms with Crippen molar-refractivity contribution in [2.45, 2.75) is 46.6 Å². The van der Waals surface area contributed by atoms with Crippen molar-refractivity contribution in [3.63, 3.8) is 0 Å². The summed E-state index contributed by atoms with van der Waals surface area (Å²) in [7, 11) is 0. The lowest BCUT2D eigenvalue weighted by molar-refractivity contribution is 0.00711. The average molecular weight is 387 g/mol. The number of hydrogen-bond donors (Lipinski definition) is 0. The van der Waals surface area contributed by atoms with Gasteiger partial charge in [0, 0.05) is 17.8 Å². The zero-order chi connectivity index (χ0) is 18.8. The van der Waals surface area contributed by atoms with Gasteiger partial charge in [-0.25, -0.2) is 0 Å². The fourth-order valence-corrected chi connectivity index (χ4v) is 5.03. The first kappa shape index (κ1) is 19.4. The lowest BCUT2D eigenvalue weighted by atomic mass is 9.60. The Kier molecular flexibility index (Phi) is 5.77. The van der Waals surface area contributed by atoms with E-state index in [0.29, 0.717) is 6.42 Å². The van der Waals surface area contributed by atoms with Crippen molar-refractivity contribution >= 4 is 22.9 Å². The molecule has 2 heterocycles. The van der Waals surface area contributed by atoms with Crippen LogP contribution in [0.4, 0.5) is 0 Å². The van der Waals surface area contributed by atoms with Crippen molar-refractivity contribution in [1.29, 1.82) is 5.26 Å². The Morgan fingerprint density at radius 2 is 1.77 bits per heavy atom. The van der Waals surface area contributed by atoms with Gasteiger partial charge in [0.2, 0.25) is 0 Å². The number of nitriles is 1. The second kappa shape index (κ2) is 7.72. The summed E-state index contributed by atoms with van der Waals surface area (Å²) >= 11 is 7.66. The van der Waals surface area contributed by atoms with E-state index >= 15 is 0 Å². The van der Waals surface area contributed by atoms with E-state index in [1.807, 2.05) is 6.07 Å². The highest BCUT2D eigenvalue weighted by atomic mass is 35.5. The third kappa shape index (κ3) is 4.14. The molecule has 0 radical (unpaired) electrons. The Morgan fingerprint density at radius 3 is 2.27 bits per heavy atom. The van der Waals surface area contributed by atoms with E-state index in [0.717, 1.165) is 36.8 Å². The predicted octanol–water partition coefficient (Wildman–Crippen LogP) is 6.61. The van der Waals surface area contributed by atoms with Crippen molar-refractivity contribution in [3.05, 3.63) is 46.3 Å². The number of thiophene rings is 1. The number of rotatable bonds is 4. The number of hydrogen-bond acceptors (Lipinski definition) is 3. The minimum atomic E-state index is 0.153. The minimum absolute atomic E-state index is 0.153. The van der Waals surface area contributed by atoms with Crippen LogP contribution in [-0.4, -0.2) is 18.0 Å². The van der Waals surface area contributed by atoms with Crippen LogP contribution in [-0.2, 0) is 6.54 Å². The highest BCUT2D eigenvalue weighted by Crippen LogP contribution is 2.49. The monoisotopic (exact) mass is 386 g/mol. The molecule has 1 aromatic heterocycles. The quantitative estimate of drug-likeness (QED) is 0.591. The van der Waals surface area contributed by atoms with Crippen LogP contribution in [0.25, 0.3) is 10.4 Å². The third-order valence-electron chi connectivity index (χ3n) is 6.04. The van der Waals surface area contributed by atoms with Gasteiger partial charge in [-0.15, -0.1) is 11.3 Å². The van der Waals surface area contributed by atoms with Crippen LogP contribution in [0.2, 0.25) is 4.34 Å². The normalized spacial score (nSPS) is 17.8. The van der Waals surface area contributed by atoms with E-state index in [-0.39, 0.29) is 10.8 Å². The molecular weight excluding hydrogens is 360 g/mol. The van der Waals surface area contributed by atoms with E-state index in [1.165, 1.54) is 16.0 Å². The maximum atomic E-state index is 9.30. The summed E-state index contributed by atoms with van der Waals surface area (Å²) in [5.41, 5.74) is 2.91. The molecule has 1 aliphatic heterocycles. The first-order chi connectivity index (χ1) is 12.3. The Morgan fingerprint density at radius 1 is 1.12 bits per heavy atom. The molecule has 26 heavy (non-hydrogen) atoms. The molecule has 1 aliphatic rings. The van der Waals surface area contributed by atoms with Gasteiger partial charge < -0.3 is 0 Å². The molecule has 0 saturated carbocycles. The molecule has 1 aromatic carbocycles. The van der Waals surface area contributed by atoms with E-state index in [4.69, 9.17) is 11.6 Å². The number of benzene rings is 1. The fourth-order valence-electron chi connectivity index (χ4n) is 3.98. The van der Waals surface area contributed by atoms with Crippen molar-refractivity contribution in [2.75, 3.05) is 13.1 Å². The molecule has 1 fully saturated rings. The molecule has 1 saturated heterocycles. The fraction of sp³-hybridized carbons (Fsp3) is 0.500. The first-order valence-corrected chi connectivity index (χ1v) is 10.5. The van der Waals surface area contributed by atoms with Crippen molar-refractivity contribution < 1.29 is 0 Å². The summed E-state index contributed by atoms with van der Waals surface area (Å²) in [5.74, 6) is 0. The highest BCUT2D eigenvalue weighted by Gasteiger charge is 2.43. The second-order valence-electron chi connectivity index (χ2n) is 8.44. The molecule has 138 valence electrons. The molecule has 0 amide bonds. The Balaban J connectivity index is 1.62. The molecule has 3 rings (SSSR count). The first-order valence-electron chi connectivity index (χ1n) is 9.27. The molecule has 2 nitrogen and oxygen atoms in total. The lowest BCUT2D eigenvalue weighted by Gasteiger charge is -2.49. The van der Waals surface area contributed by atoms with Crippen LogP contribution >= 0.6 is 22.9 Å². The largest absolute Gasteiger partial charge is 0.299 e. The summed E-state index contributed by atoms with van der Waals surface area (Å²) in [6, 6.07) is 15.3. The Bertz CT molecular complexity index is 772. The maximum Gasteiger partial charge on any atom is 0.0934 e. The highest BCUT2D eigenvalue weighted by molar-refractivity contribution is 7.19. The molecular formula is C22H27ClN2S. The zero-order valence-electron chi connectivity index (χ0n) is 15.9. The SMILES string of the molecule is CC(C)(C)C1(CC#N)CCN(Cc2ccc(-c3ccc(Cl)s3)cc2)CC1. The second-order valence-corrected chi connectivity index (χ2v) is 10.2. The van der Waals surface area contributed by atoms with E-state index < -0.39 is 0 Å². The minimum Gasteiger partial charge on any atom is -0.299 e. The summed E-state index contributed by atoms with van der Waals surface area (Å²) in [6.45, 7) is 9.99. The summed E-state index contributed by atoms with van der Waals surface area (Å²) in [5, 5.41) is 9.30. The molecule has 0 atom stereocenters. The van der Waals surface area contributed by atoms with Crippen LogP contribution < -0.4 is 0 Å². The molecule has 0 bridgehead atoms. The molecule has 0 spiro atoms. The predicted molar refractivity (Wildman–Crippen MR) is 111 cm³/mol. The zero-order valence-corrected chi connectivity index (χ0v) is 17.5. The Labute approximate surface area is 166 Å². The van der Waals surface area contributed by atoms with Crippen LogP contribution in [0.3, 0.4) is 0 Å². The van der Waals surface area contributed by atoms with E-state index in [1.54, 1.807) is 11.3 Å². The molecule has 0 N–H and O–H groups in total. The maximum absolute atomic E-state index is 9.30. The van der Waals surface area contributed by atoms with E-state index in [2.05, 4.69) is 62.1 Å². The molecule has 0 aliphatic carbocycles. The smallest absolute Gasteiger partial charge is 0.0934 e. The summed E-state index contributed by atoms with van der Waals surface area (Å²) < 4.78 is 0.831. The average Bonchev–Trinajstić information content (AvgIpc) is 3.03. The van der Waals surface area contributed by atoms with Crippen LogP contribution in [0, 0.1) is 22.2 Å². The van der Waals surface area contributed by atoms with Crippen LogP contribution in [0.5, 0.6) is 0 Å². The molecule has 4 heteroatoms. The van der Waals surface area contributed by atoms with Crippen LogP contribution in [0.15, 0.2) is 36.4 Å². The number of nitrogens with zero attached hydrogens (tertiary/aromatic N) is 2. The van der Waals surface area contributed by atoms with Gasteiger partial charge in [-0.3, -0.25) is 4.90 Å². The van der Waals surface area contributed by atoms with Crippen molar-refractivity contribution in [3.8, 4) is 16.5 Å². The number of piperidine rings is 1. The summed E-state index contributed by atoms with van der Waals surface area (Å²) in [4.78, 5) is 3.74.